The first-order valence-corrected chi connectivity index (χ1v) is 5.41. The summed E-state index contributed by atoms with van der Waals surface area (Å²) in [5, 5.41) is 8.16. The number of rotatable bonds is 9. The Morgan fingerprint density at radius 2 is 2.06 bits per heavy atom. The van der Waals surface area contributed by atoms with Gasteiger partial charge in [0.25, 0.3) is 0 Å². The minimum Gasteiger partial charge on any atom is -0.450 e. The van der Waals surface area contributed by atoms with Gasteiger partial charge in [0, 0.05) is 0 Å². The zero-order chi connectivity index (χ0) is 13.1. The molecule has 0 bridgehead atoms. The lowest BCUT2D eigenvalue weighted by atomic mass is 10.1. The maximum atomic E-state index is 9.97. The molecule has 0 atom stereocenters. The van der Waals surface area contributed by atoms with E-state index in [4.69, 9.17) is 19.6 Å². The van der Waals surface area contributed by atoms with Crippen LogP contribution in [-0.2, 0) is 19.2 Å². The summed E-state index contributed by atoms with van der Waals surface area (Å²) in [6.45, 7) is 6.36. The van der Waals surface area contributed by atoms with E-state index < -0.39 is 6.16 Å². The molecule has 0 spiro atoms. The van der Waals surface area contributed by atoms with Crippen LogP contribution in [0.2, 0.25) is 0 Å². The Labute approximate surface area is 101 Å². The van der Waals surface area contributed by atoms with Gasteiger partial charge in [-0.3, -0.25) is 0 Å². The van der Waals surface area contributed by atoms with Gasteiger partial charge in [-0.05, 0) is 26.3 Å². The Morgan fingerprint density at radius 3 is 2.65 bits per heavy atom. The van der Waals surface area contributed by atoms with E-state index in [1.807, 2.05) is 20.8 Å². The average Bonchev–Trinajstić information content (AvgIpc) is 2.26. The van der Waals surface area contributed by atoms with Crippen LogP contribution in [0, 0.1) is 0 Å². The van der Waals surface area contributed by atoms with Crippen molar-refractivity contribution in [2.24, 2.45) is 0 Å². The van der Waals surface area contributed by atoms with E-state index in [0.29, 0.717) is 6.61 Å². The predicted octanol–water partition coefficient (Wildman–Crippen LogP) is 2.35. The van der Waals surface area contributed by atoms with E-state index in [9.17, 15) is 4.79 Å². The molecule has 1 N–H and O–H groups in total. The highest BCUT2D eigenvalue weighted by molar-refractivity contribution is 5.56. The standard InChI is InChI=1S/C11H20O6/c1-4-11(2,3)17-16-7-5-6-14-8-9-15-10(12)13/h5,7H,4,6,8-9H2,1-3H3,(H,12,13). The molecule has 0 fully saturated rings. The largest absolute Gasteiger partial charge is 0.505 e. The molecule has 0 aromatic rings. The summed E-state index contributed by atoms with van der Waals surface area (Å²) in [5.41, 5.74) is -0.319. The van der Waals surface area contributed by atoms with Gasteiger partial charge in [0.05, 0.1) is 13.2 Å². The van der Waals surface area contributed by atoms with Crippen LogP contribution in [0.3, 0.4) is 0 Å². The number of ether oxygens (including phenoxy) is 2. The topological polar surface area (TPSA) is 74.2 Å². The summed E-state index contributed by atoms with van der Waals surface area (Å²) in [6, 6.07) is 0. The summed E-state index contributed by atoms with van der Waals surface area (Å²) in [6.07, 6.45) is 2.54. The van der Waals surface area contributed by atoms with Gasteiger partial charge >= 0.3 is 6.16 Å². The quantitative estimate of drug-likeness (QED) is 0.222. The minimum atomic E-state index is -1.30. The van der Waals surface area contributed by atoms with E-state index >= 15 is 0 Å². The second-order valence-electron chi connectivity index (χ2n) is 3.85. The van der Waals surface area contributed by atoms with Crippen LogP contribution < -0.4 is 0 Å². The fourth-order valence-corrected chi connectivity index (χ4v) is 0.635. The van der Waals surface area contributed by atoms with Crippen LogP contribution in [0.1, 0.15) is 27.2 Å². The van der Waals surface area contributed by atoms with Gasteiger partial charge < -0.3 is 19.5 Å². The Kier molecular flexibility index (Phi) is 8.17. The molecule has 0 rings (SSSR count). The second-order valence-corrected chi connectivity index (χ2v) is 3.85. The van der Waals surface area contributed by atoms with Gasteiger partial charge in [0.15, 0.2) is 0 Å². The van der Waals surface area contributed by atoms with Crippen molar-refractivity contribution in [1.82, 2.24) is 0 Å². The van der Waals surface area contributed by atoms with E-state index in [-0.39, 0.29) is 18.8 Å². The zero-order valence-corrected chi connectivity index (χ0v) is 10.5. The van der Waals surface area contributed by atoms with E-state index in [2.05, 4.69) is 4.74 Å². The summed E-state index contributed by atoms with van der Waals surface area (Å²) < 4.78 is 9.27. The van der Waals surface area contributed by atoms with Gasteiger partial charge in [-0.1, -0.05) is 6.92 Å². The van der Waals surface area contributed by atoms with Crippen LogP contribution in [0.5, 0.6) is 0 Å². The molecule has 0 aliphatic heterocycles. The Morgan fingerprint density at radius 1 is 1.35 bits per heavy atom. The molecule has 0 amide bonds. The average molecular weight is 248 g/mol. The molecule has 0 aliphatic rings. The van der Waals surface area contributed by atoms with E-state index in [1.165, 1.54) is 6.26 Å². The van der Waals surface area contributed by atoms with Gasteiger partial charge in [0.1, 0.15) is 18.5 Å². The fraction of sp³-hybridized carbons (Fsp3) is 0.727. The van der Waals surface area contributed by atoms with E-state index in [1.54, 1.807) is 6.08 Å². The van der Waals surface area contributed by atoms with Crippen LogP contribution in [0.15, 0.2) is 12.3 Å². The molecule has 0 unspecified atom stereocenters. The van der Waals surface area contributed by atoms with Crippen molar-refractivity contribution in [2.45, 2.75) is 32.8 Å². The van der Waals surface area contributed by atoms with Crippen molar-refractivity contribution in [3.63, 3.8) is 0 Å². The van der Waals surface area contributed by atoms with Crippen molar-refractivity contribution in [1.29, 1.82) is 0 Å². The molecule has 100 valence electrons. The molecular formula is C11H20O6. The van der Waals surface area contributed by atoms with Crippen LogP contribution >= 0.6 is 0 Å². The van der Waals surface area contributed by atoms with Crippen LogP contribution in [-0.4, -0.2) is 36.7 Å². The molecule has 0 aliphatic carbocycles. The molecule has 0 saturated carbocycles. The molecule has 6 nitrogen and oxygen atoms in total. The third kappa shape index (κ3) is 11.0. The van der Waals surface area contributed by atoms with Crippen molar-refractivity contribution >= 4 is 6.16 Å². The summed E-state index contributed by atoms with van der Waals surface area (Å²) in [7, 11) is 0. The highest BCUT2D eigenvalue weighted by atomic mass is 17.2. The molecule has 0 aromatic heterocycles. The number of carbonyl (C=O) groups is 1. The first-order valence-electron chi connectivity index (χ1n) is 5.41. The molecule has 0 radical (unpaired) electrons. The lowest BCUT2D eigenvalue weighted by Gasteiger charge is -2.19. The Hall–Kier alpha value is -1.27. The zero-order valence-electron chi connectivity index (χ0n) is 10.5. The van der Waals surface area contributed by atoms with Gasteiger partial charge in [0.2, 0.25) is 0 Å². The second kappa shape index (κ2) is 8.83. The summed E-state index contributed by atoms with van der Waals surface area (Å²) >= 11 is 0. The maximum absolute atomic E-state index is 9.97. The molecule has 6 heteroatoms. The molecule has 0 saturated heterocycles. The van der Waals surface area contributed by atoms with Crippen LogP contribution in [0.25, 0.3) is 0 Å². The monoisotopic (exact) mass is 248 g/mol. The molecule has 17 heavy (non-hydrogen) atoms. The SMILES string of the molecule is CCC(C)(C)OOC=CCOCCOC(=O)O. The highest BCUT2D eigenvalue weighted by Gasteiger charge is 2.16. The van der Waals surface area contributed by atoms with Crippen LogP contribution in [0.4, 0.5) is 4.79 Å². The first-order chi connectivity index (χ1) is 7.98. The minimum absolute atomic E-state index is 0.0173. The smallest absolute Gasteiger partial charge is 0.450 e. The van der Waals surface area contributed by atoms with Gasteiger partial charge in [-0.15, -0.1) is 0 Å². The Bertz CT molecular complexity index is 236. The van der Waals surface area contributed by atoms with Crippen molar-refractivity contribution in [2.75, 3.05) is 19.8 Å². The lowest BCUT2D eigenvalue weighted by Crippen LogP contribution is -2.21. The number of hydrogen-bond acceptors (Lipinski definition) is 5. The first kappa shape index (κ1) is 15.7. The summed E-state index contributed by atoms with van der Waals surface area (Å²) in [5.74, 6) is 0. The Balaban J connectivity index is 3.34. The number of hydrogen-bond donors (Lipinski definition) is 1. The molecule has 0 heterocycles. The molecule has 0 aromatic carbocycles. The highest BCUT2D eigenvalue weighted by Crippen LogP contribution is 2.13. The van der Waals surface area contributed by atoms with Crippen molar-refractivity contribution in [3.05, 3.63) is 12.3 Å². The van der Waals surface area contributed by atoms with Gasteiger partial charge in [-0.2, -0.15) is 4.89 Å². The maximum Gasteiger partial charge on any atom is 0.505 e. The van der Waals surface area contributed by atoms with Gasteiger partial charge in [-0.25, -0.2) is 4.79 Å². The third-order valence-electron chi connectivity index (χ3n) is 1.94. The van der Waals surface area contributed by atoms with Crippen molar-refractivity contribution in [3.8, 4) is 0 Å². The fourth-order valence-electron chi connectivity index (χ4n) is 0.635. The molecular weight excluding hydrogens is 228 g/mol. The normalized spacial score (nSPS) is 11.7. The number of carboxylic acid groups (broad SMARTS) is 1. The summed E-state index contributed by atoms with van der Waals surface area (Å²) in [4.78, 5) is 19.9. The predicted molar refractivity (Wildman–Crippen MR) is 60.5 cm³/mol. The van der Waals surface area contributed by atoms with Crippen molar-refractivity contribution < 1.29 is 29.1 Å². The lowest BCUT2D eigenvalue weighted by molar-refractivity contribution is -0.316. The van der Waals surface area contributed by atoms with E-state index in [0.717, 1.165) is 6.42 Å². The third-order valence-corrected chi connectivity index (χ3v) is 1.94.